The van der Waals surface area contributed by atoms with Gasteiger partial charge in [0.2, 0.25) is 0 Å². The number of hydrazone groups is 2. The van der Waals surface area contributed by atoms with Crippen molar-refractivity contribution in [2.24, 2.45) is 22.0 Å². The van der Waals surface area contributed by atoms with Gasteiger partial charge in [-0.05, 0) is 66.3 Å². The number of methoxy groups -OCH3 is 3. The Morgan fingerprint density at radius 1 is 1.12 bits per heavy atom. The molecule has 2 N–H and O–H groups in total. The van der Waals surface area contributed by atoms with E-state index in [1.807, 2.05) is 24.3 Å². The Morgan fingerprint density at radius 3 is 2.55 bits per heavy atom. The van der Waals surface area contributed by atoms with E-state index < -0.39 is 0 Å². The number of aryl methyl sites for hydroxylation is 1. The van der Waals surface area contributed by atoms with Crippen LogP contribution in [0, 0.1) is 5.92 Å². The second-order valence-electron chi connectivity index (χ2n) is 8.07. The topological polar surface area (TPSA) is 81.7 Å². The van der Waals surface area contributed by atoms with Crippen molar-refractivity contribution in [3.63, 3.8) is 0 Å². The summed E-state index contributed by atoms with van der Waals surface area (Å²) in [5.74, 6) is 10.1. The van der Waals surface area contributed by atoms with E-state index in [9.17, 15) is 0 Å². The summed E-state index contributed by atoms with van der Waals surface area (Å²) in [5, 5.41) is 11.4. The Labute approximate surface area is 199 Å². The zero-order valence-electron chi connectivity index (χ0n) is 19.3. The maximum Gasteiger partial charge on any atom is 0.184 e. The molecular formula is C25H30N4O3S. The zero-order valence-corrected chi connectivity index (χ0v) is 20.2. The number of nitrogens with zero attached hydrogens (tertiary/aromatic N) is 3. The molecule has 0 unspecified atom stereocenters. The van der Waals surface area contributed by atoms with Crippen molar-refractivity contribution in [3.05, 3.63) is 64.7 Å². The quantitative estimate of drug-likeness (QED) is 0.265. The summed E-state index contributed by atoms with van der Waals surface area (Å²) in [6, 6.07) is 11.7. The van der Waals surface area contributed by atoms with Gasteiger partial charge in [-0.2, -0.15) is 10.2 Å². The number of hydrogen-bond donors (Lipinski definition) is 1. The molecule has 33 heavy (non-hydrogen) atoms. The Balaban J connectivity index is 1.68. The molecule has 1 fully saturated rings. The van der Waals surface area contributed by atoms with Crippen LogP contribution in [0.5, 0.6) is 17.2 Å². The molecule has 0 spiro atoms. The molecule has 0 bridgehead atoms. The lowest BCUT2D eigenvalue weighted by Crippen LogP contribution is -2.31. The molecule has 0 radical (unpaired) electrons. The molecule has 2 aromatic carbocycles. The molecule has 174 valence electrons. The fourth-order valence-electron chi connectivity index (χ4n) is 3.87. The van der Waals surface area contributed by atoms with Gasteiger partial charge in [0.1, 0.15) is 17.2 Å². The molecule has 8 heteroatoms. The van der Waals surface area contributed by atoms with Crippen molar-refractivity contribution >= 4 is 23.3 Å². The van der Waals surface area contributed by atoms with Crippen molar-refractivity contribution < 1.29 is 14.2 Å². The van der Waals surface area contributed by atoms with Crippen LogP contribution in [0.3, 0.4) is 0 Å². The molecule has 1 aliphatic heterocycles. The fourth-order valence-corrected chi connectivity index (χ4v) is 4.65. The third-order valence-electron chi connectivity index (χ3n) is 5.94. The number of rotatable bonds is 8. The highest BCUT2D eigenvalue weighted by atomic mass is 32.2. The third kappa shape index (κ3) is 5.11. The van der Waals surface area contributed by atoms with E-state index in [2.05, 4.69) is 23.8 Å². The van der Waals surface area contributed by atoms with Crippen LogP contribution >= 0.6 is 11.8 Å². The largest absolute Gasteiger partial charge is 0.497 e. The first-order valence-electron chi connectivity index (χ1n) is 10.9. The van der Waals surface area contributed by atoms with E-state index in [1.54, 1.807) is 38.1 Å². The highest BCUT2D eigenvalue weighted by Gasteiger charge is 2.26. The fraction of sp³-hybridized carbons (Fsp3) is 0.360. The highest BCUT2D eigenvalue weighted by Crippen LogP contribution is 2.36. The van der Waals surface area contributed by atoms with Crippen molar-refractivity contribution in [1.29, 1.82) is 0 Å². The van der Waals surface area contributed by atoms with E-state index in [4.69, 9.17) is 25.2 Å². The van der Waals surface area contributed by atoms with Gasteiger partial charge in [0, 0.05) is 5.75 Å². The summed E-state index contributed by atoms with van der Waals surface area (Å²) < 4.78 is 16.5. The molecule has 2 aliphatic rings. The molecule has 2 aromatic rings. The summed E-state index contributed by atoms with van der Waals surface area (Å²) in [6.45, 7) is 4.17. The molecule has 1 heterocycles. The average Bonchev–Trinajstić information content (AvgIpc) is 3.68. The lowest BCUT2D eigenvalue weighted by atomic mass is 10.0. The normalized spacial score (nSPS) is 16.5. The zero-order chi connectivity index (χ0) is 23.4. The molecule has 0 atom stereocenters. The summed E-state index contributed by atoms with van der Waals surface area (Å²) in [5.41, 5.74) is 3.87. The average molecular weight is 467 g/mol. The van der Waals surface area contributed by atoms with Gasteiger partial charge in [-0.25, -0.2) is 5.01 Å². The monoisotopic (exact) mass is 466 g/mol. The van der Waals surface area contributed by atoms with Gasteiger partial charge < -0.3 is 20.1 Å². The number of ether oxygens (including phenoxy) is 3. The highest BCUT2D eigenvalue weighted by molar-refractivity contribution is 8.03. The predicted octanol–water partition coefficient (Wildman–Crippen LogP) is 4.60. The van der Waals surface area contributed by atoms with Crippen molar-refractivity contribution in [3.8, 4) is 17.2 Å². The van der Waals surface area contributed by atoms with Crippen molar-refractivity contribution in [1.82, 2.24) is 5.01 Å². The van der Waals surface area contributed by atoms with Gasteiger partial charge in [0.15, 0.2) is 5.84 Å². The minimum atomic E-state index is 0.433. The maximum atomic E-state index is 5.85. The molecule has 7 nitrogen and oxygen atoms in total. The SMILES string of the molecule is C=C1SCC(c2ccc(OC)c(CCC3CC3)c2)=NN1/C(=N\N)c1cc(OC)ccc1OC. The number of benzene rings is 2. The minimum Gasteiger partial charge on any atom is -0.497 e. The van der Waals surface area contributed by atoms with Gasteiger partial charge >= 0.3 is 0 Å². The summed E-state index contributed by atoms with van der Waals surface area (Å²) in [7, 11) is 4.94. The number of nitrogens with two attached hydrogens (primary N) is 1. The second kappa shape index (κ2) is 10.2. The van der Waals surface area contributed by atoms with Gasteiger partial charge in [0.05, 0.1) is 37.6 Å². The summed E-state index contributed by atoms with van der Waals surface area (Å²) in [4.78, 5) is 0. The lowest BCUT2D eigenvalue weighted by Gasteiger charge is -2.28. The van der Waals surface area contributed by atoms with Gasteiger partial charge in [-0.1, -0.05) is 19.4 Å². The Hall–Kier alpha value is -3.13. The Bertz CT molecular complexity index is 1100. The van der Waals surface area contributed by atoms with Crippen LogP contribution in [0.25, 0.3) is 0 Å². The number of amidine groups is 1. The van der Waals surface area contributed by atoms with E-state index in [0.29, 0.717) is 28.7 Å². The summed E-state index contributed by atoms with van der Waals surface area (Å²) >= 11 is 1.60. The second-order valence-corrected chi connectivity index (χ2v) is 9.12. The van der Waals surface area contributed by atoms with E-state index >= 15 is 0 Å². The van der Waals surface area contributed by atoms with Crippen LogP contribution in [0.4, 0.5) is 0 Å². The van der Waals surface area contributed by atoms with Crippen LogP contribution in [0.1, 0.15) is 36.0 Å². The Kier molecular flexibility index (Phi) is 7.13. The van der Waals surface area contributed by atoms with Crippen molar-refractivity contribution in [2.45, 2.75) is 25.7 Å². The first-order chi connectivity index (χ1) is 16.1. The van der Waals surface area contributed by atoms with E-state index in [1.165, 1.54) is 24.8 Å². The first-order valence-corrected chi connectivity index (χ1v) is 11.9. The van der Waals surface area contributed by atoms with Crippen LogP contribution in [0.2, 0.25) is 0 Å². The summed E-state index contributed by atoms with van der Waals surface area (Å²) in [6.07, 6.45) is 4.90. The van der Waals surface area contributed by atoms with Crippen LogP contribution < -0.4 is 20.1 Å². The van der Waals surface area contributed by atoms with Gasteiger partial charge in [0.25, 0.3) is 0 Å². The molecule has 0 amide bonds. The predicted molar refractivity (Wildman–Crippen MR) is 134 cm³/mol. The van der Waals surface area contributed by atoms with Crippen LogP contribution in [0.15, 0.2) is 58.2 Å². The number of thioether (sulfide) groups is 1. The smallest absolute Gasteiger partial charge is 0.184 e. The van der Waals surface area contributed by atoms with Gasteiger partial charge in [-0.15, -0.1) is 11.8 Å². The lowest BCUT2D eigenvalue weighted by molar-refractivity contribution is 0.401. The first kappa shape index (κ1) is 23.0. The molecule has 0 aromatic heterocycles. The minimum absolute atomic E-state index is 0.433. The molecule has 1 aliphatic carbocycles. The third-order valence-corrected chi connectivity index (χ3v) is 6.86. The number of hydrogen-bond acceptors (Lipinski definition) is 7. The molecule has 0 saturated heterocycles. The van der Waals surface area contributed by atoms with E-state index in [0.717, 1.165) is 34.4 Å². The molecule has 1 saturated carbocycles. The molecular weight excluding hydrogens is 436 g/mol. The van der Waals surface area contributed by atoms with Crippen LogP contribution in [-0.4, -0.2) is 43.6 Å². The Morgan fingerprint density at radius 2 is 1.88 bits per heavy atom. The van der Waals surface area contributed by atoms with Gasteiger partial charge in [-0.3, -0.25) is 0 Å². The maximum absolute atomic E-state index is 5.85. The van der Waals surface area contributed by atoms with E-state index in [-0.39, 0.29) is 0 Å². The van der Waals surface area contributed by atoms with Crippen LogP contribution in [-0.2, 0) is 6.42 Å². The van der Waals surface area contributed by atoms with Crippen molar-refractivity contribution in [2.75, 3.05) is 27.1 Å². The molecule has 4 rings (SSSR count). The standard InChI is InChI=1S/C25H30N4O3S/c1-16-29(25(27-26)21-14-20(30-2)10-12-24(21)32-4)28-22(15-33-16)18-9-11-23(31-3)19(13-18)8-7-17-5-6-17/h9-14,17H,1,5-8,15,26H2,2-4H3/b27-25-.